The molecule has 0 aliphatic rings. The second-order valence-corrected chi connectivity index (χ2v) is 6.47. The van der Waals surface area contributed by atoms with Gasteiger partial charge in [-0.1, -0.05) is 29.3 Å². The lowest BCUT2D eigenvalue weighted by atomic mass is 10.2. The van der Waals surface area contributed by atoms with Gasteiger partial charge in [0.1, 0.15) is 28.9 Å². The number of hydrogen-bond donors (Lipinski definition) is 1. The van der Waals surface area contributed by atoms with E-state index < -0.39 is 5.91 Å². The lowest BCUT2D eigenvalue weighted by molar-refractivity contribution is -0.112. The maximum atomic E-state index is 12.4. The maximum Gasteiger partial charge on any atom is 0.266 e. The van der Waals surface area contributed by atoms with E-state index in [1.54, 1.807) is 61.7 Å². The zero-order valence-corrected chi connectivity index (χ0v) is 16.2. The summed E-state index contributed by atoms with van der Waals surface area (Å²) >= 11 is 12.4. The molecule has 1 N–H and O–H groups in total. The van der Waals surface area contributed by atoms with Gasteiger partial charge >= 0.3 is 0 Å². The largest absolute Gasteiger partial charge is 0.497 e. The fourth-order valence-corrected chi connectivity index (χ4v) is 3.05. The van der Waals surface area contributed by atoms with E-state index >= 15 is 0 Å². The Hall–Kier alpha value is -3.20. The van der Waals surface area contributed by atoms with E-state index in [1.807, 2.05) is 6.07 Å². The first kappa shape index (κ1) is 19.6. The molecule has 0 atom stereocenters. The molecular formula is C21H14Cl2N2O3. The zero-order chi connectivity index (χ0) is 20.1. The third kappa shape index (κ3) is 4.37. The third-order valence-electron chi connectivity index (χ3n) is 3.84. The van der Waals surface area contributed by atoms with Crippen LogP contribution in [0.2, 0.25) is 10.0 Å². The Morgan fingerprint density at radius 1 is 1.11 bits per heavy atom. The maximum absolute atomic E-state index is 12.4. The van der Waals surface area contributed by atoms with Crippen molar-refractivity contribution in [3.63, 3.8) is 0 Å². The molecular weight excluding hydrogens is 399 g/mol. The first-order chi connectivity index (χ1) is 13.5. The highest BCUT2D eigenvalue weighted by Gasteiger charge is 2.14. The highest BCUT2D eigenvalue weighted by molar-refractivity contribution is 6.39. The molecule has 0 unspecified atom stereocenters. The number of ether oxygens (including phenoxy) is 1. The summed E-state index contributed by atoms with van der Waals surface area (Å²) in [6, 6.07) is 17.1. The molecule has 0 saturated heterocycles. The molecule has 1 heterocycles. The Balaban J connectivity index is 1.82. The number of nitriles is 1. The number of carbonyl (C=O) groups is 1. The molecule has 0 radical (unpaired) electrons. The Morgan fingerprint density at radius 2 is 1.79 bits per heavy atom. The average molecular weight is 413 g/mol. The molecule has 3 aromatic rings. The lowest BCUT2D eigenvalue weighted by Gasteiger charge is -2.05. The van der Waals surface area contributed by atoms with Crippen molar-refractivity contribution in [2.24, 2.45) is 0 Å². The summed E-state index contributed by atoms with van der Waals surface area (Å²) in [5.74, 6) is 0.874. The molecule has 0 fully saturated rings. The van der Waals surface area contributed by atoms with E-state index in [1.165, 1.54) is 6.08 Å². The summed E-state index contributed by atoms with van der Waals surface area (Å²) in [5.41, 5.74) is 0.976. The molecule has 0 aliphatic carbocycles. The normalized spacial score (nSPS) is 11.0. The van der Waals surface area contributed by atoms with Crippen molar-refractivity contribution in [1.29, 1.82) is 5.26 Å². The number of halogens is 2. The van der Waals surface area contributed by atoms with Crippen LogP contribution < -0.4 is 10.1 Å². The first-order valence-corrected chi connectivity index (χ1v) is 8.89. The van der Waals surface area contributed by atoms with E-state index in [4.69, 9.17) is 32.4 Å². The van der Waals surface area contributed by atoms with E-state index in [-0.39, 0.29) is 5.57 Å². The Labute approximate surface area is 171 Å². The topological polar surface area (TPSA) is 75.3 Å². The van der Waals surface area contributed by atoms with Gasteiger partial charge < -0.3 is 14.5 Å². The lowest BCUT2D eigenvalue weighted by Crippen LogP contribution is -2.13. The van der Waals surface area contributed by atoms with Crippen LogP contribution in [0.1, 0.15) is 5.76 Å². The van der Waals surface area contributed by atoms with Crippen LogP contribution in [-0.2, 0) is 4.79 Å². The molecule has 0 bridgehead atoms. The predicted octanol–water partition coefficient (Wildman–Crippen LogP) is 5.81. The summed E-state index contributed by atoms with van der Waals surface area (Å²) < 4.78 is 10.8. The SMILES string of the molecule is COc1ccc(NC(=O)/C(C#N)=C/c2ccc(-c3c(Cl)cccc3Cl)o2)cc1. The van der Waals surface area contributed by atoms with Gasteiger partial charge in [0.15, 0.2) is 0 Å². The highest BCUT2D eigenvalue weighted by atomic mass is 35.5. The van der Waals surface area contributed by atoms with Gasteiger partial charge in [-0.2, -0.15) is 5.26 Å². The molecule has 7 heteroatoms. The number of amides is 1. The molecule has 28 heavy (non-hydrogen) atoms. The van der Waals surface area contributed by atoms with Gasteiger partial charge in [-0.3, -0.25) is 4.79 Å². The standard InChI is InChI=1S/C21H14Cl2N2O3/c1-27-15-7-5-14(6-8-15)25-21(26)13(12-24)11-16-9-10-19(28-16)20-17(22)3-2-4-18(20)23/h2-11H,1H3,(H,25,26)/b13-11+. The Bertz CT molecular complexity index is 1060. The van der Waals surface area contributed by atoms with Crippen LogP contribution in [-0.4, -0.2) is 13.0 Å². The van der Waals surface area contributed by atoms with Crippen molar-refractivity contribution in [3.05, 3.63) is 76.0 Å². The van der Waals surface area contributed by atoms with Crippen molar-refractivity contribution in [2.45, 2.75) is 0 Å². The van der Waals surface area contributed by atoms with Crippen LogP contribution in [0.25, 0.3) is 17.4 Å². The Kier molecular flexibility index (Phi) is 6.05. The van der Waals surface area contributed by atoms with Crippen molar-refractivity contribution in [2.75, 3.05) is 12.4 Å². The molecule has 0 aliphatic heterocycles. The van der Waals surface area contributed by atoms with Crippen LogP contribution in [0.4, 0.5) is 5.69 Å². The minimum atomic E-state index is -0.554. The molecule has 140 valence electrons. The van der Waals surface area contributed by atoms with Crippen LogP contribution in [0, 0.1) is 11.3 Å². The number of furan rings is 1. The minimum absolute atomic E-state index is 0.109. The monoisotopic (exact) mass is 412 g/mol. The van der Waals surface area contributed by atoms with Gasteiger partial charge in [0.05, 0.1) is 22.7 Å². The van der Waals surface area contributed by atoms with E-state index in [0.29, 0.717) is 38.6 Å². The molecule has 0 saturated carbocycles. The fourth-order valence-electron chi connectivity index (χ4n) is 2.46. The number of anilines is 1. The van der Waals surface area contributed by atoms with Crippen molar-refractivity contribution < 1.29 is 13.9 Å². The van der Waals surface area contributed by atoms with E-state index in [9.17, 15) is 10.1 Å². The number of benzene rings is 2. The summed E-state index contributed by atoms with van der Waals surface area (Å²) in [6.07, 6.45) is 1.35. The van der Waals surface area contributed by atoms with Crippen molar-refractivity contribution >= 4 is 40.9 Å². The van der Waals surface area contributed by atoms with Crippen molar-refractivity contribution in [3.8, 4) is 23.1 Å². The second kappa shape index (κ2) is 8.66. The van der Waals surface area contributed by atoms with Crippen LogP contribution in [0.15, 0.2) is 64.6 Å². The number of carbonyl (C=O) groups excluding carboxylic acids is 1. The predicted molar refractivity (Wildman–Crippen MR) is 109 cm³/mol. The van der Waals surface area contributed by atoms with Gasteiger partial charge in [0, 0.05) is 11.8 Å². The first-order valence-electron chi connectivity index (χ1n) is 8.13. The minimum Gasteiger partial charge on any atom is -0.497 e. The zero-order valence-electron chi connectivity index (χ0n) is 14.7. The fraction of sp³-hybridized carbons (Fsp3) is 0.0476. The van der Waals surface area contributed by atoms with Crippen molar-refractivity contribution in [1.82, 2.24) is 0 Å². The Morgan fingerprint density at radius 3 is 2.39 bits per heavy atom. The van der Waals surface area contributed by atoms with Gasteiger partial charge in [-0.05, 0) is 48.5 Å². The third-order valence-corrected chi connectivity index (χ3v) is 4.47. The molecule has 1 amide bonds. The number of methoxy groups -OCH3 is 1. The van der Waals surface area contributed by atoms with Crippen LogP contribution in [0.3, 0.4) is 0 Å². The number of rotatable bonds is 5. The summed E-state index contributed by atoms with van der Waals surface area (Å²) in [4.78, 5) is 12.4. The number of hydrogen-bond acceptors (Lipinski definition) is 4. The average Bonchev–Trinajstić information content (AvgIpc) is 3.14. The molecule has 5 nitrogen and oxygen atoms in total. The summed E-state index contributed by atoms with van der Waals surface area (Å²) in [5, 5.41) is 12.9. The van der Waals surface area contributed by atoms with E-state index in [2.05, 4.69) is 5.32 Å². The van der Waals surface area contributed by atoms with Gasteiger partial charge in [0.2, 0.25) is 0 Å². The van der Waals surface area contributed by atoms with Gasteiger partial charge in [-0.15, -0.1) is 0 Å². The van der Waals surface area contributed by atoms with Crippen LogP contribution in [0.5, 0.6) is 5.75 Å². The quantitative estimate of drug-likeness (QED) is 0.423. The molecule has 2 aromatic carbocycles. The smallest absolute Gasteiger partial charge is 0.266 e. The molecule has 1 aromatic heterocycles. The summed E-state index contributed by atoms with van der Waals surface area (Å²) in [6.45, 7) is 0. The summed E-state index contributed by atoms with van der Waals surface area (Å²) in [7, 11) is 1.55. The second-order valence-electron chi connectivity index (χ2n) is 5.65. The van der Waals surface area contributed by atoms with Gasteiger partial charge in [-0.25, -0.2) is 0 Å². The highest BCUT2D eigenvalue weighted by Crippen LogP contribution is 2.35. The number of nitrogens with one attached hydrogen (secondary N) is 1. The molecule has 3 rings (SSSR count). The number of nitrogens with zero attached hydrogens (tertiary/aromatic N) is 1. The molecule has 0 spiro atoms. The van der Waals surface area contributed by atoms with Crippen LogP contribution >= 0.6 is 23.2 Å². The van der Waals surface area contributed by atoms with Gasteiger partial charge in [0.25, 0.3) is 5.91 Å². The van der Waals surface area contributed by atoms with E-state index in [0.717, 1.165) is 0 Å².